The van der Waals surface area contributed by atoms with Crippen LogP contribution in [-0.4, -0.2) is 49.7 Å². The van der Waals surface area contributed by atoms with E-state index in [1.54, 1.807) is 0 Å². The minimum Gasteiger partial charge on any atom is -0.378 e. The van der Waals surface area contributed by atoms with Crippen molar-refractivity contribution < 1.29 is 4.74 Å². The quantitative estimate of drug-likeness (QED) is 0.812. The zero-order chi connectivity index (χ0) is 13.2. The Balaban J connectivity index is 2.01. The van der Waals surface area contributed by atoms with Crippen molar-refractivity contribution in [2.24, 2.45) is 10.4 Å². The van der Waals surface area contributed by atoms with Crippen molar-refractivity contribution in [3.63, 3.8) is 0 Å². The van der Waals surface area contributed by atoms with Gasteiger partial charge in [-0.15, -0.1) is 0 Å². The highest BCUT2D eigenvalue weighted by Gasteiger charge is 2.53. The Bertz CT molecular complexity index is 312. The largest absolute Gasteiger partial charge is 0.378 e. The van der Waals surface area contributed by atoms with Gasteiger partial charge in [-0.2, -0.15) is 0 Å². The Kier molecular flexibility index (Phi) is 4.15. The highest BCUT2D eigenvalue weighted by atomic mass is 16.5. The Labute approximate surface area is 111 Å². The molecule has 2 unspecified atom stereocenters. The zero-order valence-electron chi connectivity index (χ0n) is 12.2. The fraction of sp³-hybridized carbons (Fsp3) is 0.929. The fourth-order valence-electron chi connectivity index (χ4n) is 3.43. The van der Waals surface area contributed by atoms with Crippen molar-refractivity contribution in [2.75, 3.05) is 26.7 Å². The molecule has 0 saturated heterocycles. The number of nitrogens with zero attached hydrogens (tertiary/aromatic N) is 2. The molecular weight excluding hydrogens is 226 g/mol. The van der Waals surface area contributed by atoms with Gasteiger partial charge in [0.05, 0.1) is 12.6 Å². The molecule has 4 heteroatoms. The van der Waals surface area contributed by atoms with E-state index in [1.807, 2.05) is 0 Å². The average Bonchev–Trinajstić information content (AvgIpc) is 2.75. The summed E-state index contributed by atoms with van der Waals surface area (Å²) < 4.78 is 5.90. The molecule has 0 aromatic heterocycles. The van der Waals surface area contributed by atoms with Gasteiger partial charge in [-0.25, -0.2) is 0 Å². The Morgan fingerprint density at radius 2 is 2.11 bits per heavy atom. The lowest BCUT2D eigenvalue weighted by molar-refractivity contribution is -0.133. The lowest BCUT2D eigenvalue weighted by Gasteiger charge is -2.55. The molecule has 18 heavy (non-hydrogen) atoms. The van der Waals surface area contributed by atoms with Crippen LogP contribution in [0.2, 0.25) is 0 Å². The first-order chi connectivity index (χ1) is 8.67. The Morgan fingerprint density at radius 1 is 1.39 bits per heavy atom. The topological polar surface area (TPSA) is 36.9 Å². The zero-order valence-corrected chi connectivity index (χ0v) is 12.2. The van der Waals surface area contributed by atoms with Crippen molar-refractivity contribution >= 4 is 5.96 Å². The second-order valence-corrected chi connectivity index (χ2v) is 5.44. The van der Waals surface area contributed by atoms with Crippen LogP contribution in [-0.2, 0) is 4.74 Å². The molecule has 1 aliphatic heterocycles. The second kappa shape index (κ2) is 5.47. The number of hydrogen-bond donors (Lipinski definition) is 1. The first-order valence-corrected chi connectivity index (χ1v) is 7.31. The van der Waals surface area contributed by atoms with E-state index in [1.165, 1.54) is 12.8 Å². The van der Waals surface area contributed by atoms with Crippen molar-refractivity contribution in [1.82, 2.24) is 10.2 Å². The first-order valence-electron chi connectivity index (χ1n) is 7.31. The van der Waals surface area contributed by atoms with Gasteiger partial charge in [0.2, 0.25) is 0 Å². The Morgan fingerprint density at radius 3 is 2.61 bits per heavy atom. The minimum atomic E-state index is 0.294. The second-order valence-electron chi connectivity index (χ2n) is 5.44. The summed E-state index contributed by atoms with van der Waals surface area (Å²) in [6, 6.07) is 0.517. The van der Waals surface area contributed by atoms with Gasteiger partial charge < -0.3 is 15.0 Å². The van der Waals surface area contributed by atoms with E-state index in [4.69, 9.17) is 4.74 Å². The molecule has 0 radical (unpaired) electrons. The summed E-state index contributed by atoms with van der Waals surface area (Å²) in [5, 5.41) is 3.64. The van der Waals surface area contributed by atoms with Crippen molar-refractivity contribution in [1.29, 1.82) is 0 Å². The average molecular weight is 253 g/mol. The van der Waals surface area contributed by atoms with E-state index >= 15 is 0 Å². The van der Waals surface area contributed by atoms with E-state index in [0.29, 0.717) is 17.6 Å². The number of likely N-dealkylation sites (N-methyl/N-ethyl adjacent to an activating group) is 1. The molecule has 1 aliphatic carbocycles. The molecule has 0 bridgehead atoms. The summed E-state index contributed by atoms with van der Waals surface area (Å²) >= 11 is 0. The van der Waals surface area contributed by atoms with E-state index in [0.717, 1.165) is 32.1 Å². The lowest BCUT2D eigenvalue weighted by Crippen LogP contribution is -2.65. The van der Waals surface area contributed by atoms with Crippen LogP contribution in [0.25, 0.3) is 0 Å². The van der Waals surface area contributed by atoms with Crippen molar-refractivity contribution in [3.8, 4) is 0 Å². The third-order valence-corrected chi connectivity index (χ3v) is 4.83. The molecule has 2 aliphatic rings. The molecule has 1 saturated carbocycles. The lowest BCUT2D eigenvalue weighted by atomic mass is 9.58. The van der Waals surface area contributed by atoms with Crippen LogP contribution in [0.1, 0.15) is 40.0 Å². The van der Waals surface area contributed by atoms with E-state index in [9.17, 15) is 0 Å². The predicted octanol–water partition coefficient (Wildman–Crippen LogP) is 1.86. The molecule has 2 rings (SSSR count). The van der Waals surface area contributed by atoms with Crippen LogP contribution in [0, 0.1) is 5.41 Å². The first kappa shape index (κ1) is 13.7. The molecule has 1 N–H and O–H groups in total. The monoisotopic (exact) mass is 253 g/mol. The van der Waals surface area contributed by atoms with Gasteiger partial charge in [-0.1, -0.05) is 13.8 Å². The number of guanidine groups is 1. The SMILES string of the molecule is CCOC1CC(NC2=NCCN2C)C1(CC)CC. The van der Waals surface area contributed by atoms with E-state index in [2.05, 4.69) is 43.0 Å². The third-order valence-electron chi connectivity index (χ3n) is 4.83. The molecule has 2 atom stereocenters. The summed E-state index contributed by atoms with van der Waals surface area (Å²) in [4.78, 5) is 6.75. The van der Waals surface area contributed by atoms with E-state index in [-0.39, 0.29) is 0 Å². The number of ether oxygens (including phenoxy) is 1. The van der Waals surface area contributed by atoms with Crippen LogP contribution in [0.5, 0.6) is 0 Å². The van der Waals surface area contributed by atoms with Gasteiger partial charge in [0, 0.05) is 31.7 Å². The molecule has 4 nitrogen and oxygen atoms in total. The highest BCUT2D eigenvalue weighted by Crippen LogP contribution is 2.48. The minimum absolute atomic E-state index is 0.294. The molecule has 0 aromatic rings. The number of rotatable bonds is 5. The maximum atomic E-state index is 5.90. The molecular formula is C14H27N3O. The van der Waals surface area contributed by atoms with Gasteiger partial charge in [-0.3, -0.25) is 4.99 Å². The van der Waals surface area contributed by atoms with Crippen LogP contribution in [0.15, 0.2) is 4.99 Å². The predicted molar refractivity (Wildman–Crippen MR) is 74.9 cm³/mol. The van der Waals surface area contributed by atoms with Gasteiger partial charge >= 0.3 is 0 Å². The number of hydrogen-bond acceptors (Lipinski definition) is 4. The van der Waals surface area contributed by atoms with Crippen LogP contribution in [0.4, 0.5) is 0 Å². The fourth-order valence-corrected chi connectivity index (χ4v) is 3.43. The van der Waals surface area contributed by atoms with Crippen molar-refractivity contribution in [2.45, 2.75) is 52.2 Å². The summed E-state index contributed by atoms with van der Waals surface area (Å²) in [6.07, 6.45) is 3.87. The van der Waals surface area contributed by atoms with Gasteiger partial charge in [0.1, 0.15) is 0 Å². The molecule has 104 valence electrons. The summed E-state index contributed by atoms with van der Waals surface area (Å²) in [5.74, 6) is 1.07. The third kappa shape index (κ3) is 2.11. The summed E-state index contributed by atoms with van der Waals surface area (Å²) in [6.45, 7) is 9.43. The summed E-state index contributed by atoms with van der Waals surface area (Å²) in [7, 11) is 2.11. The molecule has 0 spiro atoms. The van der Waals surface area contributed by atoms with Gasteiger partial charge in [0.25, 0.3) is 0 Å². The smallest absolute Gasteiger partial charge is 0.194 e. The molecule has 1 fully saturated rings. The number of aliphatic imine (C=N–C) groups is 1. The van der Waals surface area contributed by atoms with Crippen molar-refractivity contribution in [3.05, 3.63) is 0 Å². The van der Waals surface area contributed by atoms with Crippen LogP contribution in [0.3, 0.4) is 0 Å². The number of nitrogens with one attached hydrogen (secondary N) is 1. The normalized spacial score (nSPS) is 30.0. The maximum absolute atomic E-state index is 5.90. The molecule has 1 heterocycles. The standard InChI is InChI=1S/C14H27N3O/c1-5-14(6-2)11(10-12(14)18-7-3)16-13-15-8-9-17(13)4/h11-12H,5-10H2,1-4H3,(H,15,16). The highest BCUT2D eigenvalue weighted by molar-refractivity contribution is 5.81. The van der Waals surface area contributed by atoms with Gasteiger partial charge in [-0.05, 0) is 26.2 Å². The maximum Gasteiger partial charge on any atom is 0.194 e. The van der Waals surface area contributed by atoms with E-state index < -0.39 is 0 Å². The van der Waals surface area contributed by atoms with Crippen LogP contribution < -0.4 is 5.32 Å². The molecule has 0 amide bonds. The molecule has 0 aromatic carbocycles. The van der Waals surface area contributed by atoms with Gasteiger partial charge in [0.15, 0.2) is 5.96 Å². The Hall–Kier alpha value is -0.770. The summed E-state index contributed by atoms with van der Waals surface area (Å²) in [5.41, 5.74) is 0.294. The van der Waals surface area contributed by atoms with Crippen LogP contribution >= 0.6 is 0 Å².